The number of fused-ring (bicyclic) bond motifs is 1. The summed E-state index contributed by atoms with van der Waals surface area (Å²) in [7, 11) is 0. The third kappa shape index (κ3) is 2.99. The minimum absolute atomic E-state index is 0.232. The molecule has 1 aliphatic rings. The maximum Gasteiger partial charge on any atom is 0.355 e. The van der Waals surface area contributed by atoms with E-state index in [4.69, 9.17) is 0 Å². The number of hydrogen-bond donors (Lipinski definition) is 1. The Labute approximate surface area is 128 Å². The molecule has 3 rings (SSSR count). The number of benzene rings is 1. The van der Waals surface area contributed by atoms with Crippen LogP contribution < -0.4 is 0 Å². The first-order valence-electron chi connectivity index (χ1n) is 7.18. The maximum absolute atomic E-state index is 11.3. The molecule has 0 unspecified atom stereocenters. The minimum atomic E-state index is -0.918. The van der Waals surface area contributed by atoms with Crippen LogP contribution in [0.3, 0.4) is 0 Å². The average Bonchev–Trinajstić information content (AvgIpc) is 2.90. The molecule has 21 heavy (non-hydrogen) atoms. The van der Waals surface area contributed by atoms with Crippen LogP contribution in [0.25, 0.3) is 0 Å². The summed E-state index contributed by atoms with van der Waals surface area (Å²) in [4.78, 5) is 18.7. The van der Waals surface area contributed by atoms with Crippen molar-refractivity contribution in [1.82, 2.24) is 9.88 Å². The van der Waals surface area contributed by atoms with E-state index < -0.39 is 5.97 Å². The lowest BCUT2D eigenvalue weighted by molar-refractivity contribution is 0.0688. The second-order valence-corrected chi connectivity index (χ2v) is 6.44. The van der Waals surface area contributed by atoms with Crippen molar-refractivity contribution in [3.05, 3.63) is 51.0 Å². The number of aromatic carboxylic acids is 1. The number of aryl methyl sites for hydroxylation is 1. The van der Waals surface area contributed by atoms with Gasteiger partial charge >= 0.3 is 5.97 Å². The van der Waals surface area contributed by atoms with Crippen LogP contribution in [0.5, 0.6) is 0 Å². The quantitative estimate of drug-likeness (QED) is 0.943. The highest BCUT2D eigenvalue weighted by atomic mass is 32.1. The first kappa shape index (κ1) is 14.2. The third-order valence-electron chi connectivity index (χ3n) is 3.82. The molecule has 0 saturated heterocycles. The molecule has 0 amide bonds. The predicted octanol–water partition coefficient (Wildman–Crippen LogP) is 2.96. The van der Waals surface area contributed by atoms with Crippen molar-refractivity contribution >= 4 is 17.3 Å². The molecule has 4 nitrogen and oxygen atoms in total. The van der Waals surface area contributed by atoms with E-state index in [0.717, 1.165) is 35.8 Å². The number of carbonyl (C=O) groups is 1. The number of carboxylic acids is 1. The Morgan fingerprint density at radius 2 is 2.14 bits per heavy atom. The van der Waals surface area contributed by atoms with E-state index in [1.165, 1.54) is 22.5 Å². The van der Waals surface area contributed by atoms with Crippen LogP contribution in [-0.2, 0) is 25.9 Å². The van der Waals surface area contributed by atoms with Crippen molar-refractivity contribution in [3.8, 4) is 0 Å². The van der Waals surface area contributed by atoms with Gasteiger partial charge in [-0.05, 0) is 24.0 Å². The number of rotatable bonds is 4. The Morgan fingerprint density at radius 1 is 1.38 bits per heavy atom. The zero-order valence-electron chi connectivity index (χ0n) is 12.0. The fourth-order valence-electron chi connectivity index (χ4n) is 2.72. The van der Waals surface area contributed by atoms with Gasteiger partial charge in [0, 0.05) is 19.6 Å². The summed E-state index contributed by atoms with van der Waals surface area (Å²) in [5.74, 6) is -0.918. The standard InChI is InChI=1S/C16H18N2O2S/c1-2-14-17-15(16(19)20)13(21-14)10-18-8-7-11-5-3-4-6-12(11)9-18/h3-6H,2,7-10H2,1H3,(H,19,20). The number of carboxylic acid groups (broad SMARTS) is 1. The summed E-state index contributed by atoms with van der Waals surface area (Å²) in [6, 6.07) is 8.47. The third-order valence-corrected chi connectivity index (χ3v) is 5.01. The van der Waals surface area contributed by atoms with Crippen LogP contribution >= 0.6 is 11.3 Å². The van der Waals surface area contributed by atoms with Gasteiger partial charge in [-0.1, -0.05) is 31.2 Å². The van der Waals surface area contributed by atoms with E-state index in [1.807, 2.05) is 6.92 Å². The smallest absolute Gasteiger partial charge is 0.355 e. The molecule has 1 aliphatic heterocycles. The summed E-state index contributed by atoms with van der Waals surface area (Å²) < 4.78 is 0. The lowest BCUT2D eigenvalue weighted by Gasteiger charge is -2.28. The average molecular weight is 302 g/mol. The molecule has 2 aromatic rings. The Bertz CT molecular complexity index is 666. The highest BCUT2D eigenvalue weighted by molar-refractivity contribution is 7.11. The zero-order chi connectivity index (χ0) is 14.8. The molecule has 0 atom stereocenters. The van der Waals surface area contributed by atoms with Crippen LogP contribution in [-0.4, -0.2) is 27.5 Å². The van der Waals surface area contributed by atoms with Crippen molar-refractivity contribution in [2.24, 2.45) is 0 Å². The van der Waals surface area contributed by atoms with Crippen LogP contribution in [0.15, 0.2) is 24.3 Å². The van der Waals surface area contributed by atoms with Gasteiger partial charge < -0.3 is 5.11 Å². The van der Waals surface area contributed by atoms with Crippen molar-refractivity contribution in [2.75, 3.05) is 6.54 Å². The molecule has 110 valence electrons. The molecule has 0 fully saturated rings. The summed E-state index contributed by atoms with van der Waals surface area (Å²) >= 11 is 1.53. The van der Waals surface area contributed by atoms with Gasteiger partial charge in [0.25, 0.3) is 0 Å². The second-order valence-electron chi connectivity index (χ2n) is 5.27. The second kappa shape index (κ2) is 5.95. The first-order valence-corrected chi connectivity index (χ1v) is 8.00. The molecule has 0 bridgehead atoms. The van der Waals surface area contributed by atoms with Crippen LogP contribution in [0.4, 0.5) is 0 Å². The molecular formula is C16H18N2O2S. The van der Waals surface area contributed by atoms with Crippen molar-refractivity contribution in [2.45, 2.75) is 32.9 Å². The van der Waals surface area contributed by atoms with E-state index in [-0.39, 0.29) is 5.69 Å². The SMILES string of the molecule is CCc1nc(C(=O)O)c(CN2CCc3ccccc3C2)s1. The number of thiazole rings is 1. The number of hydrogen-bond acceptors (Lipinski definition) is 4. The van der Waals surface area contributed by atoms with Gasteiger partial charge in [-0.25, -0.2) is 9.78 Å². The Kier molecular flexibility index (Phi) is 4.03. The largest absolute Gasteiger partial charge is 0.476 e. The van der Waals surface area contributed by atoms with Crippen molar-refractivity contribution < 1.29 is 9.90 Å². The maximum atomic E-state index is 11.3. The monoisotopic (exact) mass is 302 g/mol. The number of nitrogens with zero attached hydrogens (tertiary/aromatic N) is 2. The van der Waals surface area contributed by atoms with Crippen LogP contribution in [0, 0.1) is 0 Å². The van der Waals surface area contributed by atoms with Crippen molar-refractivity contribution in [1.29, 1.82) is 0 Å². The molecule has 0 aliphatic carbocycles. The molecule has 1 aromatic heterocycles. The molecule has 2 heterocycles. The van der Waals surface area contributed by atoms with Gasteiger partial charge in [-0.2, -0.15) is 0 Å². The number of aromatic nitrogens is 1. The summed E-state index contributed by atoms with van der Waals surface area (Å²) in [6.45, 7) is 4.53. The van der Waals surface area contributed by atoms with E-state index >= 15 is 0 Å². The highest BCUT2D eigenvalue weighted by Gasteiger charge is 2.21. The predicted molar refractivity (Wildman–Crippen MR) is 82.7 cm³/mol. The van der Waals surface area contributed by atoms with Gasteiger partial charge in [0.05, 0.1) is 9.88 Å². The van der Waals surface area contributed by atoms with Gasteiger partial charge in [0.1, 0.15) is 0 Å². The van der Waals surface area contributed by atoms with Crippen molar-refractivity contribution in [3.63, 3.8) is 0 Å². The molecular weight excluding hydrogens is 284 g/mol. The molecule has 5 heteroatoms. The van der Waals surface area contributed by atoms with Gasteiger partial charge in [0.2, 0.25) is 0 Å². The first-order chi connectivity index (χ1) is 10.2. The van der Waals surface area contributed by atoms with Gasteiger partial charge in [0.15, 0.2) is 5.69 Å². The normalized spacial score (nSPS) is 14.9. The van der Waals surface area contributed by atoms with E-state index in [2.05, 4.69) is 34.1 Å². The Balaban J connectivity index is 1.79. The summed E-state index contributed by atoms with van der Waals surface area (Å²) in [5.41, 5.74) is 2.99. The lowest BCUT2D eigenvalue weighted by atomic mass is 10.00. The Hall–Kier alpha value is -1.72. The highest BCUT2D eigenvalue weighted by Crippen LogP contribution is 2.25. The lowest BCUT2D eigenvalue weighted by Crippen LogP contribution is -2.30. The molecule has 0 radical (unpaired) electrons. The minimum Gasteiger partial charge on any atom is -0.476 e. The molecule has 1 N–H and O–H groups in total. The van der Waals surface area contributed by atoms with E-state index in [0.29, 0.717) is 6.54 Å². The van der Waals surface area contributed by atoms with Gasteiger partial charge in [-0.15, -0.1) is 11.3 Å². The summed E-state index contributed by atoms with van der Waals surface area (Å²) in [5, 5.41) is 10.2. The van der Waals surface area contributed by atoms with Gasteiger partial charge in [-0.3, -0.25) is 4.90 Å². The zero-order valence-corrected chi connectivity index (χ0v) is 12.8. The van der Waals surface area contributed by atoms with Crippen LogP contribution in [0.2, 0.25) is 0 Å². The van der Waals surface area contributed by atoms with E-state index in [9.17, 15) is 9.90 Å². The molecule has 0 saturated carbocycles. The molecule has 1 aromatic carbocycles. The van der Waals surface area contributed by atoms with E-state index in [1.54, 1.807) is 0 Å². The van der Waals surface area contributed by atoms with Crippen LogP contribution in [0.1, 0.15) is 38.4 Å². The topological polar surface area (TPSA) is 53.4 Å². The molecule has 0 spiro atoms. The fourth-order valence-corrected chi connectivity index (χ4v) is 3.76. The fraction of sp³-hybridized carbons (Fsp3) is 0.375. The summed E-state index contributed by atoms with van der Waals surface area (Å²) in [6.07, 6.45) is 1.81. The Morgan fingerprint density at radius 3 is 2.86 bits per heavy atom.